The number of amides is 2. The Kier molecular flexibility index (Phi) is 6.85. The first-order chi connectivity index (χ1) is 15.6. The van der Waals surface area contributed by atoms with E-state index in [0.29, 0.717) is 36.6 Å². The molecule has 1 fully saturated rings. The van der Waals surface area contributed by atoms with E-state index in [4.69, 9.17) is 4.74 Å². The fourth-order valence-corrected chi connectivity index (χ4v) is 3.88. The maximum atomic E-state index is 12.9. The number of hydrogen-bond donors (Lipinski definition) is 1. The predicted octanol–water partition coefficient (Wildman–Crippen LogP) is 4.61. The third kappa shape index (κ3) is 5.35. The molecule has 0 unspecified atom stereocenters. The van der Waals surface area contributed by atoms with Gasteiger partial charge in [-0.3, -0.25) is 9.59 Å². The van der Waals surface area contributed by atoms with E-state index in [1.54, 1.807) is 6.07 Å². The zero-order valence-corrected chi connectivity index (χ0v) is 18.3. The average Bonchev–Trinajstić information content (AvgIpc) is 2.84. The van der Waals surface area contributed by atoms with Gasteiger partial charge in [-0.05, 0) is 49.6 Å². The summed E-state index contributed by atoms with van der Waals surface area (Å²) in [5.41, 5.74) is 3.42. The molecule has 0 atom stereocenters. The number of rotatable bonds is 6. The van der Waals surface area contributed by atoms with Crippen LogP contribution < -0.4 is 10.1 Å². The van der Waals surface area contributed by atoms with Crippen molar-refractivity contribution in [1.29, 1.82) is 0 Å². The maximum absolute atomic E-state index is 12.9. The molecule has 0 radical (unpaired) electrons. The van der Waals surface area contributed by atoms with Crippen molar-refractivity contribution in [3.8, 4) is 5.75 Å². The van der Waals surface area contributed by atoms with Crippen molar-refractivity contribution >= 4 is 11.8 Å². The molecule has 2 amide bonds. The number of ether oxygens (including phenoxy) is 1. The lowest BCUT2D eigenvalue weighted by Crippen LogP contribution is -2.46. The van der Waals surface area contributed by atoms with Gasteiger partial charge < -0.3 is 15.0 Å². The largest absolute Gasteiger partial charge is 0.488 e. The van der Waals surface area contributed by atoms with Crippen LogP contribution in [0.1, 0.15) is 44.7 Å². The number of carbonyl (C=O) groups excluding carboxylic acids is 2. The lowest BCUT2D eigenvalue weighted by atomic mass is 10.0. The van der Waals surface area contributed by atoms with E-state index in [1.807, 2.05) is 84.6 Å². The van der Waals surface area contributed by atoms with E-state index in [-0.39, 0.29) is 17.9 Å². The summed E-state index contributed by atoms with van der Waals surface area (Å²) in [5.74, 6) is 0.479. The van der Waals surface area contributed by atoms with Gasteiger partial charge in [-0.15, -0.1) is 0 Å². The summed E-state index contributed by atoms with van der Waals surface area (Å²) in [6.45, 7) is 3.67. The van der Waals surface area contributed by atoms with Crippen molar-refractivity contribution in [1.82, 2.24) is 10.2 Å². The van der Waals surface area contributed by atoms with Crippen molar-refractivity contribution in [2.75, 3.05) is 13.1 Å². The summed E-state index contributed by atoms with van der Waals surface area (Å²) >= 11 is 0. The molecular weight excluding hydrogens is 400 g/mol. The molecule has 1 aliphatic rings. The minimum atomic E-state index is -0.142. The Balaban J connectivity index is 1.32. The summed E-state index contributed by atoms with van der Waals surface area (Å²) < 4.78 is 5.93. The third-order valence-corrected chi connectivity index (χ3v) is 5.78. The summed E-state index contributed by atoms with van der Waals surface area (Å²) in [6, 6.07) is 24.9. The van der Waals surface area contributed by atoms with Crippen LogP contribution in [0.2, 0.25) is 0 Å². The van der Waals surface area contributed by atoms with Gasteiger partial charge in [0.25, 0.3) is 11.8 Å². The molecule has 32 heavy (non-hydrogen) atoms. The molecule has 0 aliphatic carbocycles. The van der Waals surface area contributed by atoms with Crippen molar-refractivity contribution in [2.45, 2.75) is 32.4 Å². The van der Waals surface area contributed by atoms with E-state index >= 15 is 0 Å². The molecule has 164 valence electrons. The fraction of sp³-hybridized carbons (Fsp3) is 0.259. The van der Waals surface area contributed by atoms with Crippen molar-refractivity contribution in [3.63, 3.8) is 0 Å². The van der Waals surface area contributed by atoms with Gasteiger partial charge in [0, 0.05) is 24.7 Å². The van der Waals surface area contributed by atoms with Gasteiger partial charge in [0.1, 0.15) is 12.4 Å². The van der Waals surface area contributed by atoms with E-state index in [9.17, 15) is 9.59 Å². The van der Waals surface area contributed by atoms with Gasteiger partial charge in [0.2, 0.25) is 0 Å². The van der Waals surface area contributed by atoms with Crippen LogP contribution in [0.3, 0.4) is 0 Å². The highest BCUT2D eigenvalue weighted by molar-refractivity contribution is 5.97. The summed E-state index contributed by atoms with van der Waals surface area (Å²) in [7, 11) is 0. The maximum Gasteiger partial charge on any atom is 0.255 e. The number of aryl methyl sites for hydroxylation is 1. The number of likely N-dealkylation sites (tertiary alicyclic amines) is 1. The Morgan fingerprint density at radius 3 is 2.28 bits per heavy atom. The Morgan fingerprint density at radius 2 is 1.56 bits per heavy atom. The Morgan fingerprint density at radius 1 is 0.906 bits per heavy atom. The molecule has 1 N–H and O–H groups in total. The van der Waals surface area contributed by atoms with Crippen LogP contribution in [0, 0.1) is 6.92 Å². The first-order valence-corrected chi connectivity index (χ1v) is 11.0. The van der Waals surface area contributed by atoms with Crippen LogP contribution in [-0.2, 0) is 6.61 Å². The fourth-order valence-electron chi connectivity index (χ4n) is 3.88. The smallest absolute Gasteiger partial charge is 0.255 e. The van der Waals surface area contributed by atoms with Crippen molar-refractivity contribution < 1.29 is 14.3 Å². The van der Waals surface area contributed by atoms with Crippen LogP contribution >= 0.6 is 0 Å². The zero-order valence-electron chi connectivity index (χ0n) is 18.3. The highest BCUT2D eigenvalue weighted by atomic mass is 16.5. The Bertz CT molecular complexity index is 1060. The number of carbonyl (C=O) groups is 2. The van der Waals surface area contributed by atoms with E-state index in [0.717, 1.165) is 24.0 Å². The highest BCUT2D eigenvalue weighted by Gasteiger charge is 2.25. The average molecular weight is 429 g/mol. The zero-order chi connectivity index (χ0) is 22.3. The van der Waals surface area contributed by atoms with Gasteiger partial charge in [-0.25, -0.2) is 0 Å². The number of nitrogens with one attached hydrogen (secondary N) is 1. The monoisotopic (exact) mass is 428 g/mol. The molecule has 0 bridgehead atoms. The molecule has 1 heterocycles. The molecule has 4 rings (SSSR count). The summed E-state index contributed by atoms with van der Waals surface area (Å²) in [6.07, 6.45) is 1.47. The third-order valence-electron chi connectivity index (χ3n) is 5.78. The molecule has 1 aliphatic heterocycles. The van der Waals surface area contributed by atoms with Gasteiger partial charge in [-0.2, -0.15) is 0 Å². The normalized spacial score (nSPS) is 14.1. The van der Waals surface area contributed by atoms with Gasteiger partial charge in [0.05, 0.1) is 5.56 Å². The lowest BCUT2D eigenvalue weighted by molar-refractivity contribution is 0.0698. The standard InChI is InChI=1S/C27H28N2O3/c1-20-11-13-22(14-12-20)27(31)29-17-15-23(16-18-29)28-26(30)24-9-5-6-10-25(24)32-19-21-7-3-2-4-8-21/h2-14,23H,15-19H2,1H3,(H,28,30). The predicted molar refractivity (Wildman–Crippen MR) is 125 cm³/mol. The van der Waals surface area contributed by atoms with Crippen LogP contribution in [0.5, 0.6) is 5.75 Å². The Hall–Kier alpha value is -3.60. The number of hydrogen-bond acceptors (Lipinski definition) is 3. The number of nitrogens with zero attached hydrogens (tertiary/aromatic N) is 1. The number of piperidine rings is 1. The quantitative estimate of drug-likeness (QED) is 0.624. The van der Waals surface area contributed by atoms with Crippen molar-refractivity contribution in [2.24, 2.45) is 0 Å². The van der Waals surface area contributed by atoms with Gasteiger partial charge >= 0.3 is 0 Å². The Labute approximate surface area is 189 Å². The lowest BCUT2D eigenvalue weighted by Gasteiger charge is -2.32. The van der Waals surface area contributed by atoms with E-state index < -0.39 is 0 Å². The second-order valence-corrected chi connectivity index (χ2v) is 8.18. The van der Waals surface area contributed by atoms with Gasteiger partial charge in [0.15, 0.2) is 0 Å². The number of para-hydroxylation sites is 1. The van der Waals surface area contributed by atoms with Crippen LogP contribution in [0.4, 0.5) is 0 Å². The second-order valence-electron chi connectivity index (χ2n) is 8.18. The highest BCUT2D eigenvalue weighted by Crippen LogP contribution is 2.21. The van der Waals surface area contributed by atoms with Crippen LogP contribution in [0.15, 0.2) is 78.9 Å². The van der Waals surface area contributed by atoms with Crippen LogP contribution in [0.25, 0.3) is 0 Å². The molecule has 0 spiro atoms. The SMILES string of the molecule is Cc1ccc(C(=O)N2CCC(NC(=O)c3ccccc3OCc3ccccc3)CC2)cc1. The van der Waals surface area contributed by atoms with E-state index in [1.165, 1.54) is 0 Å². The number of benzene rings is 3. The molecule has 0 aromatic heterocycles. The molecule has 0 saturated carbocycles. The summed E-state index contributed by atoms with van der Waals surface area (Å²) in [4.78, 5) is 27.5. The van der Waals surface area contributed by atoms with Gasteiger partial charge in [-0.1, -0.05) is 60.2 Å². The molecule has 1 saturated heterocycles. The van der Waals surface area contributed by atoms with Crippen molar-refractivity contribution in [3.05, 3.63) is 101 Å². The minimum Gasteiger partial charge on any atom is -0.488 e. The molecule has 3 aromatic rings. The first-order valence-electron chi connectivity index (χ1n) is 11.0. The molecular formula is C27H28N2O3. The minimum absolute atomic E-state index is 0.0340. The van der Waals surface area contributed by atoms with Crippen LogP contribution in [-0.4, -0.2) is 35.8 Å². The first kappa shape index (κ1) is 21.6. The summed E-state index contributed by atoms with van der Waals surface area (Å²) in [5, 5.41) is 3.12. The second kappa shape index (κ2) is 10.1. The van der Waals surface area contributed by atoms with E-state index in [2.05, 4.69) is 5.32 Å². The molecule has 5 nitrogen and oxygen atoms in total. The topological polar surface area (TPSA) is 58.6 Å². The molecule has 5 heteroatoms. The molecule has 3 aromatic carbocycles.